The summed E-state index contributed by atoms with van der Waals surface area (Å²) in [5, 5.41) is 10.7. The average molecular weight is 462 g/mol. The molecule has 2 N–H and O–H groups in total. The van der Waals surface area contributed by atoms with Crippen LogP contribution in [-0.2, 0) is 6.61 Å². The fourth-order valence-electron chi connectivity index (χ4n) is 2.94. The first-order valence-electron chi connectivity index (χ1n) is 9.30. The van der Waals surface area contributed by atoms with E-state index in [1.54, 1.807) is 24.3 Å². The fraction of sp³-hybridized carbons (Fsp3) is 0.0909. The van der Waals surface area contributed by atoms with E-state index in [1.165, 1.54) is 12.1 Å². The third kappa shape index (κ3) is 5.12. The topological polar surface area (TPSA) is 76.2 Å². The summed E-state index contributed by atoms with van der Waals surface area (Å²) < 4.78 is 46.4. The predicted molar refractivity (Wildman–Crippen MR) is 113 cm³/mol. The van der Waals surface area contributed by atoms with Crippen molar-refractivity contribution < 1.29 is 27.4 Å². The lowest BCUT2D eigenvalue weighted by Crippen LogP contribution is -2.17. The van der Waals surface area contributed by atoms with Gasteiger partial charge in [-0.05, 0) is 48.5 Å². The van der Waals surface area contributed by atoms with Crippen molar-refractivity contribution in [2.24, 2.45) is 0 Å². The number of rotatable bonds is 6. The number of alkyl halides is 3. The summed E-state index contributed by atoms with van der Waals surface area (Å²) in [5.41, 5.74) is 1.63. The molecule has 0 saturated heterocycles. The Morgan fingerprint density at radius 2 is 1.75 bits per heavy atom. The van der Waals surface area contributed by atoms with Gasteiger partial charge in [0.15, 0.2) is 5.82 Å². The van der Waals surface area contributed by atoms with Gasteiger partial charge in [-0.3, -0.25) is 9.89 Å². The number of nitrogens with zero attached hydrogens (tertiary/aromatic N) is 1. The molecule has 0 saturated carbocycles. The van der Waals surface area contributed by atoms with Crippen LogP contribution in [0.3, 0.4) is 0 Å². The van der Waals surface area contributed by atoms with Gasteiger partial charge in [-0.1, -0.05) is 29.8 Å². The van der Waals surface area contributed by atoms with Gasteiger partial charge in [0.05, 0.1) is 5.52 Å². The molecule has 0 aliphatic heterocycles. The van der Waals surface area contributed by atoms with Crippen molar-refractivity contribution in [2.75, 3.05) is 5.32 Å². The van der Waals surface area contributed by atoms with Crippen LogP contribution in [0.25, 0.3) is 10.9 Å². The lowest BCUT2D eigenvalue weighted by atomic mass is 10.2. The first kappa shape index (κ1) is 21.5. The molecule has 0 atom stereocenters. The summed E-state index contributed by atoms with van der Waals surface area (Å²) in [6.07, 6.45) is -4.80. The van der Waals surface area contributed by atoms with Crippen molar-refractivity contribution in [3.05, 3.63) is 82.9 Å². The van der Waals surface area contributed by atoms with Crippen LogP contribution < -0.4 is 14.8 Å². The van der Waals surface area contributed by atoms with Gasteiger partial charge < -0.3 is 14.8 Å². The first-order valence-corrected chi connectivity index (χ1v) is 9.68. The zero-order valence-electron chi connectivity index (χ0n) is 16.2. The van der Waals surface area contributed by atoms with E-state index in [2.05, 4.69) is 20.3 Å². The summed E-state index contributed by atoms with van der Waals surface area (Å²) in [5.74, 6) is -0.161. The Bertz CT molecular complexity index is 1260. The Morgan fingerprint density at radius 3 is 2.47 bits per heavy atom. The molecule has 0 radical (unpaired) electrons. The molecule has 3 aromatic carbocycles. The fourth-order valence-corrected chi connectivity index (χ4v) is 3.13. The molecular weight excluding hydrogens is 447 g/mol. The van der Waals surface area contributed by atoms with Gasteiger partial charge in [-0.15, -0.1) is 13.2 Å². The molecule has 4 aromatic rings. The number of amides is 1. The summed E-state index contributed by atoms with van der Waals surface area (Å²) in [4.78, 5) is 12.5. The molecule has 6 nitrogen and oxygen atoms in total. The number of H-pyrrole nitrogens is 1. The number of benzene rings is 3. The maximum absolute atomic E-state index is 12.5. The van der Waals surface area contributed by atoms with E-state index in [9.17, 15) is 18.0 Å². The van der Waals surface area contributed by atoms with Crippen molar-refractivity contribution in [3.8, 4) is 11.5 Å². The number of hydrogen-bond donors (Lipinski definition) is 2. The highest BCUT2D eigenvalue weighted by Crippen LogP contribution is 2.27. The Morgan fingerprint density at radius 1 is 1.03 bits per heavy atom. The Kier molecular flexibility index (Phi) is 5.91. The van der Waals surface area contributed by atoms with E-state index in [0.29, 0.717) is 21.7 Å². The van der Waals surface area contributed by atoms with Crippen molar-refractivity contribution in [2.45, 2.75) is 13.0 Å². The smallest absolute Gasteiger partial charge is 0.489 e. The molecule has 1 amide bonds. The second-order valence-corrected chi connectivity index (χ2v) is 7.09. The lowest BCUT2D eigenvalue weighted by molar-refractivity contribution is -0.274. The second kappa shape index (κ2) is 8.80. The highest BCUT2D eigenvalue weighted by Gasteiger charge is 2.31. The third-order valence-corrected chi connectivity index (χ3v) is 4.84. The number of aromatic amines is 1. The molecule has 164 valence electrons. The molecule has 0 unspecified atom stereocenters. The van der Waals surface area contributed by atoms with Crippen LogP contribution in [0.4, 0.5) is 19.0 Å². The molecule has 0 bridgehead atoms. The third-order valence-electron chi connectivity index (χ3n) is 4.47. The van der Waals surface area contributed by atoms with E-state index in [-0.39, 0.29) is 18.0 Å². The highest BCUT2D eigenvalue weighted by atomic mass is 35.5. The number of aromatic nitrogens is 2. The highest BCUT2D eigenvalue weighted by molar-refractivity contribution is 6.31. The van der Waals surface area contributed by atoms with Gasteiger partial charge in [0.2, 0.25) is 0 Å². The Labute approximate surface area is 184 Å². The van der Waals surface area contributed by atoms with Crippen LogP contribution in [0, 0.1) is 0 Å². The first-order chi connectivity index (χ1) is 15.3. The van der Waals surface area contributed by atoms with Gasteiger partial charge in [0.1, 0.15) is 18.1 Å². The van der Waals surface area contributed by atoms with E-state index in [0.717, 1.165) is 17.7 Å². The minimum absolute atomic E-state index is 0.141. The van der Waals surface area contributed by atoms with Crippen molar-refractivity contribution in [1.29, 1.82) is 0 Å². The Hall–Kier alpha value is -3.72. The van der Waals surface area contributed by atoms with Crippen LogP contribution in [-0.4, -0.2) is 22.5 Å². The summed E-state index contributed by atoms with van der Waals surface area (Å²) >= 11 is 6.14. The summed E-state index contributed by atoms with van der Waals surface area (Å²) in [6.45, 7) is 0.261. The quantitative estimate of drug-likeness (QED) is 0.372. The van der Waals surface area contributed by atoms with Crippen LogP contribution in [0.15, 0.2) is 66.7 Å². The monoisotopic (exact) mass is 461 g/mol. The normalized spacial score (nSPS) is 11.4. The van der Waals surface area contributed by atoms with Gasteiger partial charge in [0, 0.05) is 21.5 Å². The lowest BCUT2D eigenvalue weighted by Gasteiger charge is -2.09. The molecule has 0 aliphatic carbocycles. The van der Waals surface area contributed by atoms with Crippen molar-refractivity contribution in [1.82, 2.24) is 10.2 Å². The number of halogens is 4. The predicted octanol–water partition coefficient (Wildman–Crippen LogP) is 5.95. The van der Waals surface area contributed by atoms with Crippen molar-refractivity contribution >= 4 is 34.2 Å². The number of fused-ring (bicyclic) bond motifs is 1. The molecule has 1 aromatic heterocycles. The van der Waals surface area contributed by atoms with Gasteiger partial charge in [-0.2, -0.15) is 5.10 Å². The van der Waals surface area contributed by atoms with E-state index in [1.807, 2.05) is 18.2 Å². The van der Waals surface area contributed by atoms with E-state index < -0.39 is 18.0 Å². The molecule has 0 aliphatic rings. The maximum atomic E-state index is 12.5. The Balaban J connectivity index is 1.47. The number of carbonyl (C=O) groups excluding carboxylic acids is 1. The average Bonchev–Trinajstić information content (AvgIpc) is 3.14. The standard InChI is InChI=1S/C22H15ClF3N3O3/c23-18-4-2-1-3-14(18)12-31-16-9-10-19-17(11-16)20(29-28-19)27-21(30)13-5-7-15(8-6-13)32-22(24,25)26/h1-11H,12H2,(H2,27,28,29,30). The zero-order valence-corrected chi connectivity index (χ0v) is 17.0. The van der Waals surface area contributed by atoms with Crippen molar-refractivity contribution in [3.63, 3.8) is 0 Å². The van der Waals surface area contributed by atoms with Gasteiger partial charge in [0.25, 0.3) is 5.91 Å². The van der Waals surface area contributed by atoms with E-state index >= 15 is 0 Å². The molecule has 10 heteroatoms. The molecule has 0 spiro atoms. The number of carbonyl (C=O) groups is 1. The number of ether oxygens (including phenoxy) is 2. The van der Waals surface area contributed by atoms with Crippen LogP contribution >= 0.6 is 11.6 Å². The molecular formula is C22H15ClF3N3O3. The second-order valence-electron chi connectivity index (χ2n) is 6.69. The largest absolute Gasteiger partial charge is 0.573 e. The number of nitrogens with one attached hydrogen (secondary N) is 2. The SMILES string of the molecule is O=C(Nc1n[nH]c2ccc(OCc3ccccc3Cl)cc12)c1ccc(OC(F)(F)F)cc1. The molecule has 4 rings (SSSR count). The minimum Gasteiger partial charge on any atom is -0.489 e. The summed E-state index contributed by atoms with van der Waals surface area (Å²) in [6, 6.07) is 17.1. The van der Waals surface area contributed by atoms with Gasteiger partial charge >= 0.3 is 6.36 Å². The van der Waals surface area contributed by atoms with Crippen LogP contribution in [0.5, 0.6) is 11.5 Å². The number of anilines is 1. The maximum Gasteiger partial charge on any atom is 0.573 e. The molecule has 0 fully saturated rings. The van der Waals surface area contributed by atoms with Crippen LogP contribution in [0.2, 0.25) is 5.02 Å². The minimum atomic E-state index is -4.80. The van der Waals surface area contributed by atoms with Crippen LogP contribution in [0.1, 0.15) is 15.9 Å². The molecule has 1 heterocycles. The zero-order chi connectivity index (χ0) is 22.7. The molecule has 32 heavy (non-hydrogen) atoms. The van der Waals surface area contributed by atoms with E-state index in [4.69, 9.17) is 16.3 Å². The summed E-state index contributed by atoms with van der Waals surface area (Å²) in [7, 11) is 0. The number of hydrogen-bond acceptors (Lipinski definition) is 4. The van der Waals surface area contributed by atoms with Gasteiger partial charge in [-0.25, -0.2) is 0 Å².